The molecule has 1 aliphatic carbocycles. The lowest BCUT2D eigenvalue weighted by Gasteiger charge is -2.47. The monoisotopic (exact) mass is 392 g/mol. The Balaban J connectivity index is 1.34. The first-order valence-corrected chi connectivity index (χ1v) is 12.1. The minimum atomic E-state index is 0.522. The first kappa shape index (κ1) is 21.9. The standard InChI is InChI=1S/C23H44N4O/c1-3-24-23(26-19-17-20-11-10-12-21(18-19)27(20)2)25-15-8-9-16-28-22-13-6-4-5-7-14-22/h19-22H,3-18H2,1-2H3,(H2,24,25,26). The van der Waals surface area contributed by atoms with Crippen LogP contribution < -0.4 is 10.6 Å². The highest BCUT2D eigenvalue weighted by atomic mass is 16.5. The highest BCUT2D eigenvalue weighted by Crippen LogP contribution is 2.32. The van der Waals surface area contributed by atoms with Crippen LogP contribution in [-0.4, -0.2) is 61.8 Å². The van der Waals surface area contributed by atoms with E-state index in [1.165, 1.54) is 70.6 Å². The lowest BCUT2D eigenvalue weighted by atomic mass is 9.82. The Kier molecular flexibility index (Phi) is 9.39. The molecule has 2 saturated heterocycles. The number of rotatable bonds is 8. The van der Waals surface area contributed by atoms with Crippen molar-refractivity contribution in [3.05, 3.63) is 0 Å². The van der Waals surface area contributed by atoms with Gasteiger partial charge in [-0.3, -0.25) is 4.99 Å². The van der Waals surface area contributed by atoms with Crippen molar-refractivity contribution in [2.75, 3.05) is 26.7 Å². The second-order valence-corrected chi connectivity index (χ2v) is 9.17. The molecule has 162 valence electrons. The Bertz CT molecular complexity index is 448. The van der Waals surface area contributed by atoms with Gasteiger partial charge in [0.2, 0.25) is 0 Å². The van der Waals surface area contributed by atoms with Crippen LogP contribution in [0.1, 0.15) is 90.4 Å². The molecule has 2 N–H and O–H groups in total. The fourth-order valence-electron chi connectivity index (χ4n) is 5.31. The van der Waals surface area contributed by atoms with Crippen molar-refractivity contribution in [2.45, 2.75) is 115 Å². The summed E-state index contributed by atoms with van der Waals surface area (Å²) in [4.78, 5) is 7.47. The van der Waals surface area contributed by atoms with Crippen molar-refractivity contribution in [2.24, 2.45) is 4.99 Å². The van der Waals surface area contributed by atoms with Crippen LogP contribution in [0.3, 0.4) is 0 Å². The Morgan fingerprint density at radius 3 is 2.36 bits per heavy atom. The summed E-state index contributed by atoms with van der Waals surface area (Å²) in [6, 6.07) is 2.09. The molecule has 3 rings (SSSR count). The van der Waals surface area contributed by atoms with Gasteiger partial charge in [0.15, 0.2) is 5.96 Å². The largest absolute Gasteiger partial charge is 0.378 e. The van der Waals surface area contributed by atoms with Crippen molar-refractivity contribution >= 4 is 5.96 Å². The fourth-order valence-corrected chi connectivity index (χ4v) is 5.31. The summed E-state index contributed by atoms with van der Waals surface area (Å²) in [5.74, 6) is 1.01. The summed E-state index contributed by atoms with van der Waals surface area (Å²) < 4.78 is 6.11. The van der Waals surface area contributed by atoms with E-state index in [0.29, 0.717) is 12.1 Å². The third-order valence-electron chi connectivity index (χ3n) is 7.00. The highest BCUT2D eigenvalue weighted by molar-refractivity contribution is 5.80. The summed E-state index contributed by atoms with van der Waals surface area (Å²) in [6.45, 7) is 4.88. The Labute approximate surface area is 173 Å². The van der Waals surface area contributed by atoms with E-state index in [9.17, 15) is 0 Å². The van der Waals surface area contributed by atoms with E-state index in [2.05, 4.69) is 29.5 Å². The van der Waals surface area contributed by atoms with Gasteiger partial charge in [0.25, 0.3) is 0 Å². The molecule has 1 saturated carbocycles. The lowest BCUT2D eigenvalue weighted by Crippen LogP contribution is -2.56. The lowest BCUT2D eigenvalue weighted by molar-refractivity contribution is 0.0412. The number of ether oxygens (including phenoxy) is 1. The molecule has 5 heteroatoms. The average Bonchev–Trinajstić information content (AvgIpc) is 2.94. The summed E-state index contributed by atoms with van der Waals surface area (Å²) in [6.07, 6.45) is 17.4. The topological polar surface area (TPSA) is 48.9 Å². The van der Waals surface area contributed by atoms with Crippen molar-refractivity contribution < 1.29 is 4.74 Å². The zero-order valence-electron chi connectivity index (χ0n) is 18.4. The second kappa shape index (κ2) is 12.0. The predicted molar refractivity (Wildman–Crippen MR) is 118 cm³/mol. The van der Waals surface area contributed by atoms with Gasteiger partial charge < -0.3 is 20.3 Å². The maximum Gasteiger partial charge on any atom is 0.191 e. The Morgan fingerprint density at radius 1 is 0.964 bits per heavy atom. The molecule has 3 aliphatic rings. The second-order valence-electron chi connectivity index (χ2n) is 9.17. The molecule has 2 unspecified atom stereocenters. The normalized spacial score (nSPS) is 30.1. The molecular weight excluding hydrogens is 348 g/mol. The van der Waals surface area contributed by atoms with E-state index in [4.69, 9.17) is 9.73 Å². The van der Waals surface area contributed by atoms with Crippen LogP contribution in [0.2, 0.25) is 0 Å². The van der Waals surface area contributed by atoms with Crippen molar-refractivity contribution in [3.8, 4) is 0 Å². The summed E-state index contributed by atoms with van der Waals surface area (Å²) >= 11 is 0. The van der Waals surface area contributed by atoms with Crippen molar-refractivity contribution in [3.63, 3.8) is 0 Å². The molecule has 3 fully saturated rings. The van der Waals surface area contributed by atoms with Crippen LogP contribution in [0.4, 0.5) is 0 Å². The maximum atomic E-state index is 6.11. The molecule has 2 atom stereocenters. The molecule has 0 radical (unpaired) electrons. The molecule has 0 aromatic heterocycles. The first-order chi connectivity index (χ1) is 13.8. The summed E-state index contributed by atoms with van der Waals surface area (Å²) in [5, 5.41) is 7.19. The number of aliphatic imine (C=N–C) groups is 1. The molecule has 5 nitrogen and oxygen atoms in total. The Hall–Kier alpha value is -0.810. The average molecular weight is 393 g/mol. The molecule has 0 amide bonds. The minimum Gasteiger partial charge on any atom is -0.378 e. The zero-order chi connectivity index (χ0) is 19.6. The smallest absolute Gasteiger partial charge is 0.191 e. The van der Waals surface area contributed by atoms with E-state index in [-0.39, 0.29) is 0 Å². The van der Waals surface area contributed by atoms with Crippen molar-refractivity contribution in [1.29, 1.82) is 0 Å². The number of guanidine groups is 1. The van der Waals surface area contributed by atoms with Gasteiger partial charge in [-0.05, 0) is 65.3 Å². The van der Waals surface area contributed by atoms with Gasteiger partial charge in [-0.2, -0.15) is 0 Å². The van der Waals surface area contributed by atoms with Gasteiger partial charge in [0.05, 0.1) is 6.10 Å². The Morgan fingerprint density at radius 2 is 1.68 bits per heavy atom. The van der Waals surface area contributed by atoms with Gasteiger partial charge in [-0.25, -0.2) is 0 Å². The summed E-state index contributed by atoms with van der Waals surface area (Å²) in [7, 11) is 2.32. The number of hydrogen-bond donors (Lipinski definition) is 2. The van der Waals surface area contributed by atoms with Gasteiger partial charge in [0, 0.05) is 37.8 Å². The number of fused-ring (bicyclic) bond motifs is 2. The van der Waals surface area contributed by atoms with Crippen LogP contribution >= 0.6 is 0 Å². The number of unbranched alkanes of at least 4 members (excludes halogenated alkanes) is 1. The third-order valence-corrected chi connectivity index (χ3v) is 7.00. The number of piperidine rings is 2. The molecule has 0 aromatic carbocycles. The molecule has 2 heterocycles. The molecule has 0 aromatic rings. The van der Waals surface area contributed by atoms with E-state index in [1.54, 1.807) is 0 Å². The van der Waals surface area contributed by atoms with Crippen LogP contribution in [0.5, 0.6) is 0 Å². The van der Waals surface area contributed by atoms with E-state index < -0.39 is 0 Å². The molecular formula is C23H44N4O. The van der Waals surface area contributed by atoms with Crippen LogP contribution in [0, 0.1) is 0 Å². The van der Waals surface area contributed by atoms with Crippen LogP contribution in [0.25, 0.3) is 0 Å². The number of nitrogens with one attached hydrogen (secondary N) is 2. The zero-order valence-corrected chi connectivity index (χ0v) is 18.4. The molecule has 2 bridgehead atoms. The predicted octanol–water partition coefficient (Wildman–Crippen LogP) is 4.08. The SMILES string of the molecule is CCNC(=NCCCCOC1CCCCCC1)NC1CC2CCCC(C1)N2C. The third kappa shape index (κ3) is 6.91. The van der Waals surface area contributed by atoms with Gasteiger partial charge in [0.1, 0.15) is 0 Å². The molecule has 2 aliphatic heterocycles. The molecule has 28 heavy (non-hydrogen) atoms. The maximum absolute atomic E-state index is 6.11. The van der Waals surface area contributed by atoms with Gasteiger partial charge in [-0.1, -0.05) is 32.1 Å². The number of nitrogens with zero attached hydrogens (tertiary/aromatic N) is 2. The van der Waals surface area contributed by atoms with E-state index in [0.717, 1.165) is 50.6 Å². The number of hydrogen-bond acceptors (Lipinski definition) is 3. The van der Waals surface area contributed by atoms with Gasteiger partial charge in [-0.15, -0.1) is 0 Å². The van der Waals surface area contributed by atoms with Gasteiger partial charge >= 0.3 is 0 Å². The summed E-state index contributed by atoms with van der Waals surface area (Å²) in [5.41, 5.74) is 0. The minimum absolute atomic E-state index is 0.522. The molecule has 0 spiro atoms. The fraction of sp³-hybridized carbons (Fsp3) is 0.957. The van der Waals surface area contributed by atoms with Crippen LogP contribution in [0.15, 0.2) is 4.99 Å². The van der Waals surface area contributed by atoms with Crippen molar-refractivity contribution in [1.82, 2.24) is 15.5 Å². The van der Waals surface area contributed by atoms with E-state index in [1.807, 2.05) is 0 Å². The quantitative estimate of drug-likeness (QED) is 0.283. The first-order valence-electron chi connectivity index (χ1n) is 12.1. The van der Waals surface area contributed by atoms with E-state index >= 15 is 0 Å². The van der Waals surface area contributed by atoms with Crippen LogP contribution in [-0.2, 0) is 4.74 Å². The highest BCUT2D eigenvalue weighted by Gasteiger charge is 2.36.